The van der Waals surface area contributed by atoms with Crippen molar-refractivity contribution in [2.45, 2.75) is 26.7 Å². The van der Waals surface area contributed by atoms with Gasteiger partial charge in [0.1, 0.15) is 5.75 Å². The predicted molar refractivity (Wildman–Crippen MR) is 74.1 cm³/mol. The number of carbonyl (C=O) groups excluding carboxylic acids is 1. The highest BCUT2D eigenvalue weighted by atomic mass is 16.5. The van der Waals surface area contributed by atoms with Crippen molar-refractivity contribution in [1.29, 1.82) is 0 Å². The molecule has 1 rings (SSSR count). The van der Waals surface area contributed by atoms with Crippen molar-refractivity contribution in [2.24, 2.45) is 5.92 Å². The van der Waals surface area contributed by atoms with Gasteiger partial charge in [0.2, 0.25) is 0 Å². The van der Waals surface area contributed by atoms with Crippen molar-refractivity contribution in [3.8, 4) is 5.75 Å². The highest BCUT2D eigenvalue weighted by Crippen LogP contribution is 2.23. The van der Waals surface area contributed by atoms with Crippen LogP contribution in [0.3, 0.4) is 0 Å². The number of hydrogen-bond acceptors (Lipinski definition) is 4. The van der Waals surface area contributed by atoms with Crippen LogP contribution in [0.25, 0.3) is 0 Å². The average Bonchev–Trinajstić information content (AvgIpc) is 2.42. The van der Waals surface area contributed by atoms with E-state index in [9.17, 15) is 9.59 Å². The van der Waals surface area contributed by atoms with Gasteiger partial charge >= 0.3 is 11.9 Å². The fourth-order valence-corrected chi connectivity index (χ4v) is 1.64. The molecule has 1 N–H and O–H groups in total. The lowest BCUT2D eigenvalue weighted by molar-refractivity contribution is -0.140. The Morgan fingerprint density at radius 2 is 2.00 bits per heavy atom. The van der Waals surface area contributed by atoms with Gasteiger partial charge in [0.05, 0.1) is 19.3 Å². The first-order valence-corrected chi connectivity index (χ1v) is 6.50. The second kappa shape index (κ2) is 7.53. The molecule has 0 heterocycles. The molecule has 0 aliphatic carbocycles. The van der Waals surface area contributed by atoms with Gasteiger partial charge in [0, 0.05) is 6.42 Å². The van der Waals surface area contributed by atoms with Crippen molar-refractivity contribution in [3.05, 3.63) is 29.3 Å². The van der Waals surface area contributed by atoms with Crippen LogP contribution in [-0.4, -0.2) is 30.8 Å². The molecular formula is C15H20O5. The van der Waals surface area contributed by atoms with Crippen LogP contribution in [0, 0.1) is 5.92 Å². The molecule has 1 aromatic carbocycles. The molecule has 0 bridgehead atoms. The zero-order valence-electron chi connectivity index (χ0n) is 12.0. The van der Waals surface area contributed by atoms with Crippen LogP contribution in [0.15, 0.2) is 18.2 Å². The molecule has 0 fully saturated rings. The molecular weight excluding hydrogens is 260 g/mol. The summed E-state index contributed by atoms with van der Waals surface area (Å²) in [6.45, 7) is 4.59. The van der Waals surface area contributed by atoms with E-state index in [1.807, 2.05) is 13.8 Å². The van der Waals surface area contributed by atoms with Gasteiger partial charge in [0.25, 0.3) is 0 Å². The SMILES string of the molecule is COC(=O)CCc1cc(C(=O)O)ccc1OCC(C)C. The van der Waals surface area contributed by atoms with Crippen LogP contribution in [0.2, 0.25) is 0 Å². The van der Waals surface area contributed by atoms with Crippen LogP contribution >= 0.6 is 0 Å². The number of esters is 1. The summed E-state index contributed by atoms with van der Waals surface area (Å²) in [7, 11) is 1.33. The van der Waals surface area contributed by atoms with Crippen molar-refractivity contribution >= 4 is 11.9 Å². The lowest BCUT2D eigenvalue weighted by Crippen LogP contribution is -2.09. The first-order chi connectivity index (χ1) is 9.43. The molecule has 0 aliphatic rings. The topological polar surface area (TPSA) is 72.8 Å². The fraction of sp³-hybridized carbons (Fsp3) is 0.467. The molecule has 0 radical (unpaired) electrons. The van der Waals surface area contributed by atoms with E-state index in [2.05, 4.69) is 4.74 Å². The Labute approximate surface area is 118 Å². The van der Waals surface area contributed by atoms with Crippen molar-refractivity contribution in [1.82, 2.24) is 0 Å². The zero-order valence-corrected chi connectivity index (χ0v) is 12.0. The quantitative estimate of drug-likeness (QED) is 0.777. The van der Waals surface area contributed by atoms with E-state index in [0.29, 0.717) is 30.3 Å². The van der Waals surface area contributed by atoms with Gasteiger partial charge in [-0.1, -0.05) is 13.8 Å². The van der Waals surface area contributed by atoms with Gasteiger partial charge in [0.15, 0.2) is 0 Å². The first-order valence-electron chi connectivity index (χ1n) is 6.50. The molecule has 110 valence electrons. The van der Waals surface area contributed by atoms with Crippen LogP contribution in [-0.2, 0) is 16.0 Å². The normalized spacial score (nSPS) is 10.4. The Balaban J connectivity index is 2.90. The smallest absolute Gasteiger partial charge is 0.335 e. The van der Waals surface area contributed by atoms with Crippen LogP contribution in [0.4, 0.5) is 0 Å². The van der Waals surface area contributed by atoms with E-state index in [0.717, 1.165) is 0 Å². The Morgan fingerprint density at radius 1 is 1.30 bits per heavy atom. The number of carboxylic acid groups (broad SMARTS) is 1. The van der Waals surface area contributed by atoms with Gasteiger partial charge in [-0.3, -0.25) is 4.79 Å². The van der Waals surface area contributed by atoms with Crippen molar-refractivity contribution in [3.63, 3.8) is 0 Å². The third-order valence-corrected chi connectivity index (χ3v) is 2.71. The number of aromatic carboxylic acids is 1. The lowest BCUT2D eigenvalue weighted by Gasteiger charge is -2.13. The minimum atomic E-state index is -1.00. The predicted octanol–water partition coefficient (Wildman–Crippen LogP) is 2.53. The lowest BCUT2D eigenvalue weighted by atomic mass is 10.0. The molecule has 0 aromatic heterocycles. The fourth-order valence-electron chi connectivity index (χ4n) is 1.64. The average molecular weight is 280 g/mol. The zero-order chi connectivity index (χ0) is 15.1. The van der Waals surface area contributed by atoms with Crippen LogP contribution in [0.1, 0.15) is 36.2 Å². The van der Waals surface area contributed by atoms with E-state index >= 15 is 0 Å². The monoisotopic (exact) mass is 280 g/mol. The molecule has 20 heavy (non-hydrogen) atoms. The number of hydrogen-bond donors (Lipinski definition) is 1. The summed E-state index contributed by atoms with van der Waals surface area (Å²) in [6.07, 6.45) is 0.582. The molecule has 0 unspecified atom stereocenters. The van der Waals surface area contributed by atoms with E-state index in [1.165, 1.54) is 13.2 Å². The molecule has 0 saturated carbocycles. The first kappa shape index (κ1) is 16.0. The second-order valence-corrected chi connectivity index (χ2v) is 4.91. The highest BCUT2D eigenvalue weighted by Gasteiger charge is 2.12. The minimum Gasteiger partial charge on any atom is -0.493 e. The molecule has 0 aliphatic heterocycles. The van der Waals surface area contributed by atoms with Gasteiger partial charge in [-0.25, -0.2) is 4.79 Å². The van der Waals surface area contributed by atoms with Gasteiger partial charge in [-0.2, -0.15) is 0 Å². The van der Waals surface area contributed by atoms with E-state index in [-0.39, 0.29) is 18.0 Å². The second-order valence-electron chi connectivity index (χ2n) is 4.91. The third-order valence-electron chi connectivity index (χ3n) is 2.71. The molecule has 5 nitrogen and oxygen atoms in total. The Morgan fingerprint density at radius 3 is 2.55 bits per heavy atom. The summed E-state index contributed by atoms with van der Waals surface area (Å²) in [5.41, 5.74) is 0.887. The molecule has 0 saturated heterocycles. The summed E-state index contributed by atoms with van der Waals surface area (Å²) < 4.78 is 10.2. The molecule has 1 aromatic rings. The van der Waals surface area contributed by atoms with Gasteiger partial charge < -0.3 is 14.6 Å². The number of methoxy groups -OCH3 is 1. The van der Waals surface area contributed by atoms with E-state index < -0.39 is 5.97 Å². The minimum absolute atomic E-state index is 0.182. The molecule has 0 atom stereocenters. The number of aryl methyl sites for hydroxylation is 1. The Bertz CT molecular complexity index is 479. The van der Waals surface area contributed by atoms with Gasteiger partial charge in [-0.05, 0) is 36.1 Å². The Kier molecular flexibility index (Phi) is 6.03. The number of ether oxygens (including phenoxy) is 2. The number of carboxylic acids is 1. The third kappa shape index (κ3) is 4.91. The largest absolute Gasteiger partial charge is 0.493 e. The summed E-state index contributed by atoms with van der Waals surface area (Å²) in [4.78, 5) is 22.2. The maximum atomic E-state index is 11.2. The highest BCUT2D eigenvalue weighted by molar-refractivity contribution is 5.88. The maximum Gasteiger partial charge on any atom is 0.335 e. The Hall–Kier alpha value is -2.04. The summed E-state index contributed by atoms with van der Waals surface area (Å²) >= 11 is 0. The van der Waals surface area contributed by atoms with Crippen LogP contribution < -0.4 is 4.74 Å². The summed E-state index contributed by atoms with van der Waals surface area (Å²) in [5, 5.41) is 9.01. The molecule has 0 spiro atoms. The number of benzene rings is 1. The van der Waals surface area contributed by atoms with E-state index in [1.54, 1.807) is 12.1 Å². The number of rotatable bonds is 7. The van der Waals surface area contributed by atoms with Crippen LogP contribution in [0.5, 0.6) is 5.75 Å². The van der Waals surface area contributed by atoms with Gasteiger partial charge in [-0.15, -0.1) is 0 Å². The van der Waals surface area contributed by atoms with Crippen molar-refractivity contribution < 1.29 is 24.2 Å². The standard InChI is InChI=1S/C15H20O5/c1-10(2)9-20-13-6-4-12(15(17)18)8-11(13)5-7-14(16)19-3/h4,6,8,10H,5,7,9H2,1-3H3,(H,17,18). The molecule has 5 heteroatoms. The molecule has 0 amide bonds. The van der Waals surface area contributed by atoms with E-state index in [4.69, 9.17) is 9.84 Å². The van der Waals surface area contributed by atoms with Crippen molar-refractivity contribution in [2.75, 3.05) is 13.7 Å². The summed E-state index contributed by atoms with van der Waals surface area (Å²) in [6, 6.07) is 4.68. The maximum absolute atomic E-state index is 11.2. The summed E-state index contributed by atoms with van der Waals surface area (Å²) in [5.74, 6) is -0.351. The number of carbonyl (C=O) groups is 2.